The fourth-order valence-corrected chi connectivity index (χ4v) is 2.79. The van der Waals surface area contributed by atoms with Gasteiger partial charge in [0.25, 0.3) is 0 Å². The minimum atomic E-state index is -3.47. The summed E-state index contributed by atoms with van der Waals surface area (Å²) in [5.41, 5.74) is 6.36. The standard InChI is InChI=1S/C9H16N4O2S/c1-6-9(5-11-13-6)16(14,15)12-4-8(10)7-2-3-7/h5,7-8,12H,2-4,10H2,1H3,(H,11,13). The van der Waals surface area contributed by atoms with Crippen LogP contribution in [0.5, 0.6) is 0 Å². The minimum absolute atomic E-state index is 0.0815. The molecule has 1 aliphatic carbocycles. The number of H-pyrrole nitrogens is 1. The second-order valence-electron chi connectivity index (χ2n) is 4.21. The lowest BCUT2D eigenvalue weighted by molar-refractivity contribution is 0.547. The van der Waals surface area contributed by atoms with Crippen LogP contribution in [0.25, 0.3) is 0 Å². The Kier molecular flexibility index (Phi) is 3.00. The molecule has 1 aliphatic rings. The topological polar surface area (TPSA) is 101 Å². The molecule has 0 bridgehead atoms. The first-order valence-corrected chi connectivity index (χ1v) is 6.74. The fourth-order valence-electron chi connectivity index (χ4n) is 1.59. The molecule has 1 heterocycles. The third kappa shape index (κ3) is 2.42. The first-order valence-electron chi connectivity index (χ1n) is 5.26. The van der Waals surface area contributed by atoms with Gasteiger partial charge in [-0.15, -0.1) is 0 Å². The fraction of sp³-hybridized carbons (Fsp3) is 0.667. The van der Waals surface area contributed by atoms with Crippen LogP contribution in [-0.4, -0.2) is 31.2 Å². The highest BCUT2D eigenvalue weighted by molar-refractivity contribution is 7.89. The number of aryl methyl sites for hydroxylation is 1. The van der Waals surface area contributed by atoms with Crippen molar-refractivity contribution in [3.05, 3.63) is 11.9 Å². The molecule has 0 aromatic carbocycles. The van der Waals surface area contributed by atoms with Gasteiger partial charge in [-0.05, 0) is 25.7 Å². The summed E-state index contributed by atoms with van der Waals surface area (Å²) in [6.07, 6.45) is 3.52. The molecule has 6 nitrogen and oxygen atoms in total. The number of nitrogens with zero attached hydrogens (tertiary/aromatic N) is 1. The van der Waals surface area contributed by atoms with Crippen molar-refractivity contribution in [2.24, 2.45) is 11.7 Å². The van der Waals surface area contributed by atoms with Crippen LogP contribution in [0.2, 0.25) is 0 Å². The molecule has 16 heavy (non-hydrogen) atoms. The van der Waals surface area contributed by atoms with Gasteiger partial charge in [0.1, 0.15) is 4.90 Å². The molecule has 1 atom stereocenters. The van der Waals surface area contributed by atoms with Crippen LogP contribution in [-0.2, 0) is 10.0 Å². The number of aromatic amines is 1. The highest BCUT2D eigenvalue weighted by atomic mass is 32.2. The molecule has 0 saturated heterocycles. The van der Waals surface area contributed by atoms with Crippen molar-refractivity contribution in [1.82, 2.24) is 14.9 Å². The van der Waals surface area contributed by atoms with Crippen molar-refractivity contribution in [1.29, 1.82) is 0 Å². The van der Waals surface area contributed by atoms with Gasteiger partial charge in [-0.2, -0.15) is 5.10 Å². The highest BCUT2D eigenvalue weighted by Gasteiger charge is 2.29. The van der Waals surface area contributed by atoms with Gasteiger partial charge in [0.05, 0.1) is 11.9 Å². The molecule has 1 aromatic heterocycles. The molecule has 7 heteroatoms. The van der Waals surface area contributed by atoms with Crippen molar-refractivity contribution in [2.45, 2.75) is 30.7 Å². The second-order valence-corrected chi connectivity index (χ2v) is 5.95. The summed E-state index contributed by atoms with van der Waals surface area (Å²) in [7, 11) is -3.47. The van der Waals surface area contributed by atoms with Gasteiger partial charge in [0.15, 0.2) is 0 Å². The Bertz CT molecular complexity index is 464. The van der Waals surface area contributed by atoms with Crippen LogP contribution < -0.4 is 10.5 Å². The number of aromatic nitrogens is 2. The molecule has 0 radical (unpaired) electrons. The molecule has 1 saturated carbocycles. The number of rotatable bonds is 5. The predicted molar refractivity (Wildman–Crippen MR) is 59.2 cm³/mol. The van der Waals surface area contributed by atoms with Crippen molar-refractivity contribution in [3.8, 4) is 0 Å². The maximum atomic E-state index is 11.8. The molecule has 2 rings (SSSR count). The molecular formula is C9H16N4O2S. The number of sulfonamides is 1. The van der Waals surface area contributed by atoms with Gasteiger partial charge >= 0.3 is 0 Å². The summed E-state index contributed by atoms with van der Waals surface area (Å²) >= 11 is 0. The lowest BCUT2D eigenvalue weighted by atomic mass is 10.2. The van der Waals surface area contributed by atoms with E-state index in [-0.39, 0.29) is 17.5 Å². The smallest absolute Gasteiger partial charge is 0.244 e. The zero-order valence-electron chi connectivity index (χ0n) is 9.10. The first kappa shape index (κ1) is 11.6. The summed E-state index contributed by atoms with van der Waals surface area (Å²) < 4.78 is 26.2. The Hall–Kier alpha value is -0.920. The van der Waals surface area contributed by atoms with Gasteiger partial charge in [0.2, 0.25) is 10.0 Å². The van der Waals surface area contributed by atoms with E-state index in [1.807, 2.05) is 0 Å². The van der Waals surface area contributed by atoms with Crippen LogP contribution in [0.1, 0.15) is 18.5 Å². The van der Waals surface area contributed by atoms with E-state index < -0.39 is 10.0 Å². The van der Waals surface area contributed by atoms with E-state index >= 15 is 0 Å². The maximum Gasteiger partial charge on any atom is 0.244 e. The molecule has 0 aliphatic heterocycles. The Morgan fingerprint density at radius 1 is 1.69 bits per heavy atom. The highest BCUT2D eigenvalue weighted by Crippen LogP contribution is 2.31. The largest absolute Gasteiger partial charge is 0.326 e. The SMILES string of the molecule is Cc1[nH]ncc1S(=O)(=O)NCC(N)C1CC1. The normalized spacial score (nSPS) is 18.6. The zero-order valence-corrected chi connectivity index (χ0v) is 9.92. The summed E-state index contributed by atoms with van der Waals surface area (Å²) in [6.45, 7) is 1.96. The van der Waals surface area contributed by atoms with Gasteiger partial charge < -0.3 is 5.73 Å². The van der Waals surface area contributed by atoms with Gasteiger partial charge in [0, 0.05) is 12.6 Å². The van der Waals surface area contributed by atoms with Crippen molar-refractivity contribution < 1.29 is 8.42 Å². The Balaban J connectivity index is 2.00. The van der Waals surface area contributed by atoms with Gasteiger partial charge in [-0.25, -0.2) is 13.1 Å². The van der Waals surface area contributed by atoms with Crippen molar-refractivity contribution >= 4 is 10.0 Å². The lowest BCUT2D eigenvalue weighted by Crippen LogP contribution is -2.38. The Morgan fingerprint density at radius 2 is 2.38 bits per heavy atom. The quantitative estimate of drug-likeness (QED) is 0.664. The second kappa shape index (κ2) is 4.15. The average Bonchev–Trinajstić information content (AvgIpc) is 2.98. The van der Waals surface area contributed by atoms with Crippen LogP contribution in [0.15, 0.2) is 11.1 Å². The van der Waals surface area contributed by atoms with Crippen molar-refractivity contribution in [2.75, 3.05) is 6.54 Å². The van der Waals surface area contributed by atoms with E-state index in [1.165, 1.54) is 6.20 Å². The number of nitrogens with two attached hydrogens (primary N) is 1. The first-order chi connectivity index (χ1) is 7.50. The number of hydrogen-bond acceptors (Lipinski definition) is 4. The van der Waals surface area contributed by atoms with E-state index in [0.717, 1.165) is 12.8 Å². The predicted octanol–water partition coefficient (Wildman–Crippen LogP) is -0.266. The third-order valence-corrected chi connectivity index (χ3v) is 4.35. The Morgan fingerprint density at radius 3 is 2.88 bits per heavy atom. The van der Waals surface area contributed by atoms with Crippen LogP contribution in [0.4, 0.5) is 0 Å². The molecule has 1 fully saturated rings. The molecular weight excluding hydrogens is 228 g/mol. The summed E-state index contributed by atoms with van der Waals surface area (Å²) in [4.78, 5) is 0.190. The third-order valence-electron chi connectivity index (χ3n) is 2.81. The summed E-state index contributed by atoms with van der Waals surface area (Å²) in [5, 5.41) is 6.28. The Labute approximate surface area is 94.7 Å². The number of hydrogen-bond donors (Lipinski definition) is 3. The van der Waals surface area contributed by atoms with E-state index in [9.17, 15) is 8.42 Å². The molecule has 1 unspecified atom stereocenters. The van der Waals surface area contributed by atoms with Crippen LogP contribution in [0, 0.1) is 12.8 Å². The molecule has 90 valence electrons. The summed E-state index contributed by atoms with van der Waals surface area (Å²) in [5.74, 6) is 0.480. The maximum absolute atomic E-state index is 11.8. The van der Waals surface area contributed by atoms with E-state index in [1.54, 1.807) is 6.92 Å². The molecule has 4 N–H and O–H groups in total. The van der Waals surface area contributed by atoms with E-state index in [0.29, 0.717) is 11.6 Å². The lowest BCUT2D eigenvalue weighted by Gasteiger charge is -2.11. The van der Waals surface area contributed by atoms with E-state index in [4.69, 9.17) is 5.73 Å². The van der Waals surface area contributed by atoms with Crippen LogP contribution >= 0.6 is 0 Å². The monoisotopic (exact) mass is 244 g/mol. The zero-order chi connectivity index (χ0) is 11.8. The van der Waals surface area contributed by atoms with Gasteiger partial charge in [-0.3, -0.25) is 5.10 Å². The average molecular weight is 244 g/mol. The van der Waals surface area contributed by atoms with Gasteiger partial charge in [-0.1, -0.05) is 0 Å². The van der Waals surface area contributed by atoms with Crippen molar-refractivity contribution in [3.63, 3.8) is 0 Å². The summed E-state index contributed by atoms with van der Waals surface area (Å²) in [6, 6.07) is -0.0815. The molecule has 1 aromatic rings. The molecule has 0 spiro atoms. The minimum Gasteiger partial charge on any atom is -0.326 e. The molecule has 0 amide bonds. The van der Waals surface area contributed by atoms with Crippen LogP contribution in [0.3, 0.4) is 0 Å². The van der Waals surface area contributed by atoms with E-state index in [2.05, 4.69) is 14.9 Å². The number of nitrogens with one attached hydrogen (secondary N) is 2.